The third-order valence-corrected chi connectivity index (χ3v) is 2.65. The maximum absolute atomic E-state index is 11.5. The van der Waals surface area contributed by atoms with Crippen LogP contribution in [0.1, 0.15) is 23.0 Å². The first-order chi connectivity index (χ1) is 7.20. The molecule has 0 saturated carbocycles. The molecule has 2 heterocycles. The molecule has 0 N–H and O–H groups in total. The predicted molar refractivity (Wildman–Crippen MR) is 56.7 cm³/mol. The standard InChI is InChI=1S/C11H16N2O2/c1-3-15-11(14)9-6-10-8-12(2)4-5-13(10)7-9/h6-7H,3-5,8H2,1-2H3. The molecule has 0 radical (unpaired) electrons. The van der Waals surface area contributed by atoms with Gasteiger partial charge in [0.25, 0.3) is 0 Å². The number of likely N-dealkylation sites (N-methyl/N-ethyl adjacent to an activating group) is 1. The van der Waals surface area contributed by atoms with E-state index in [1.165, 1.54) is 5.69 Å². The highest BCUT2D eigenvalue weighted by Gasteiger charge is 2.17. The Morgan fingerprint density at radius 2 is 2.33 bits per heavy atom. The van der Waals surface area contributed by atoms with E-state index in [1.807, 2.05) is 19.2 Å². The Hall–Kier alpha value is -1.29. The Kier molecular flexibility index (Phi) is 2.77. The van der Waals surface area contributed by atoms with Gasteiger partial charge in [-0.25, -0.2) is 4.79 Å². The minimum atomic E-state index is -0.220. The van der Waals surface area contributed by atoms with Crippen molar-refractivity contribution < 1.29 is 9.53 Å². The van der Waals surface area contributed by atoms with Gasteiger partial charge in [-0.05, 0) is 20.0 Å². The highest BCUT2D eigenvalue weighted by Crippen LogP contribution is 2.15. The SMILES string of the molecule is CCOC(=O)c1cc2n(c1)CCN(C)C2. The number of carbonyl (C=O) groups is 1. The molecule has 0 atom stereocenters. The zero-order valence-corrected chi connectivity index (χ0v) is 9.19. The van der Waals surface area contributed by atoms with Crippen LogP contribution in [0.4, 0.5) is 0 Å². The van der Waals surface area contributed by atoms with Gasteiger partial charge >= 0.3 is 5.97 Å². The summed E-state index contributed by atoms with van der Waals surface area (Å²) in [6.45, 7) is 5.13. The van der Waals surface area contributed by atoms with Gasteiger partial charge < -0.3 is 9.30 Å². The van der Waals surface area contributed by atoms with Gasteiger partial charge in [0.2, 0.25) is 0 Å². The predicted octanol–water partition coefficient (Wildman–Crippen LogP) is 1.11. The normalized spacial score (nSPS) is 16.1. The highest BCUT2D eigenvalue weighted by atomic mass is 16.5. The third-order valence-electron chi connectivity index (χ3n) is 2.65. The second kappa shape index (κ2) is 4.06. The van der Waals surface area contributed by atoms with E-state index in [-0.39, 0.29) is 5.97 Å². The Morgan fingerprint density at radius 1 is 1.53 bits per heavy atom. The molecule has 1 aliphatic heterocycles. The minimum absolute atomic E-state index is 0.220. The lowest BCUT2D eigenvalue weighted by Crippen LogP contribution is -2.29. The number of aromatic nitrogens is 1. The molecule has 15 heavy (non-hydrogen) atoms. The van der Waals surface area contributed by atoms with E-state index in [9.17, 15) is 4.79 Å². The summed E-state index contributed by atoms with van der Waals surface area (Å²) in [5, 5.41) is 0. The van der Waals surface area contributed by atoms with Crippen molar-refractivity contribution >= 4 is 5.97 Å². The molecule has 4 nitrogen and oxygen atoms in total. The molecule has 1 aliphatic rings. The highest BCUT2D eigenvalue weighted by molar-refractivity contribution is 5.89. The van der Waals surface area contributed by atoms with E-state index in [1.54, 1.807) is 0 Å². The van der Waals surface area contributed by atoms with Crippen molar-refractivity contribution in [1.82, 2.24) is 9.47 Å². The number of ether oxygens (including phenoxy) is 1. The average Bonchev–Trinajstić information content (AvgIpc) is 2.60. The van der Waals surface area contributed by atoms with Crippen LogP contribution < -0.4 is 0 Å². The van der Waals surface area contributed by atoms with Crippen molar-refractivity contribution in [3.05, 3.63) is 23.5 Å². The van der Waals surface area contributed by atoms with Gasteiger partial charge in [0.1, 0.15) is 0 Å². The van der Waals surface area contributed by atoms with Crippen molar-refractivity contribution in [3.8, 4) is 0 Å². The second-order valence-electron chi connectivity index (χ2n) is 3.87. The fourth-order valence-corrected chi connectivity index (χ4v) is 1.86. The molecule has 0 spiro atoms. The Balaban J connectivity index is 2.19. The summed E-state index contributed by atoms with van der Waals surface area (Å²) < 4.78 is 7.10. The maximum atomic E-state index is 11.5. The van der Waals surface area contributed by atoms with Crippen molar-refractivity contribution in [3.63, 3.8) is 0 Å². The van der Waals surface area contributed by atoms with Crippen molar-refractivity contribution in [2.24, 2.45) is 0 Å². The zero-order chi connectivity index (χ0) is 10.8. The van der Waals surface area contributed by atoms with Crippen molar-refractivity contribution in [1.29, 1.82) is 0 Å². The molecule has 0 bridgehead atoms. The number of hydrogen-bond acceptors (Lipinski definition) is 3. The Morgan fingerprint density at radius 3 is 3.07 bits per heavy atom. The number of hydrogen-bond donors (Lipinski definition) is 0. The largest absolute Gasteiger partial charge is 0.462 e. The lowest BCUT2D eigenvalue weighted by Gasteiger charge is -2.24. The van der Waals surface area contributed by atoms with E-state index in [0.29, 0.717) is 12.2 Å². The molecular weight excluding hydrogens is 192 g/mol. The van der Waals surface area contributed by atoms with Crippen LogP contribution in [0.15, 0.2) is 12.3 Å². The molecule has 4 heteroatoms. The van der Waals surface area contributed by atoms with Gasteiger partial charge in [0.05, 0.1) is 12.2 Å². The van der Waals surface area contributed by atoms with E-state index < -0.39 is 0 Å². The van der Waals surface area contributed by atoms with Crippen LogP contribution in [-0.2, 0) is 17.8 Å². The van der Waals surface area contributed by atoms with E-state index in [0.717, 1.165) is 19.6 Å². The lowest BCUT2D eigenvalue weighted by atomic mass is 10.3. The van der Waals surface area contributed by atoms with Gasteiger partial charge in [0.15, 0.2) is 0 Å². The minimum Gasteiger partial charge on any atom is -0.462 e. The summed E-state index contributed by atoms with van der Waals surface area (Å²) in [7, 11) is 2.08. The van der Waals surface area contributed by atoms with Crippen LogP contribution in [0.5, 0.6) is 0 Å². The fourth-order valence-electron chi connectivity index (χ4n) is 1.86. The van der Waals surface area contributed by atoms with Crippen LogP contribution >= 0.6 is 0 Å². The van der Waals surface area contributed by atoms with Gasteiger partial charge in [-0.15, -0.1) is 0 Å². The Labute approximate surface area is 89.4 Å². The Bertz CT molecular complexity index is 371. The van der Waals surface area contributed by atoms with Gasteiger partial charge in [0, 0.05) is 31.5 Å². The maximum Gasteiger partial charge on any atom is 0.339 e. The molecule has 1 aromatic rings. The smallest absolute Gasteiger partial charge is 0.339 e. The number of carbonyl (C=O) groups excluding carboxylic acids is 1. The summed E-state index contributed by atoms with van der Waals surface area (Å²) in [5.41, 5.74) is 1.86. The molecule has 1 aromatic heterocycles. The summed E-state index contributed by atoms with van der Waals surface area (Å²) in [5.74, 6) is -0.220. The van der Waals surface area contributed by atoms with Crippen LogP contribution in [0.3, 0.4) is 0 Å². The number of rotatable bonds is 2. The topological polar surface area (TPSA) is 34.5 Å². The van der Waals surface area contributed by atoms with Crippen LogP contribution in [0.2, 0.25) is 0 Å². The van der Waals surface area contributed by atoms with Crippen LogP contribution in [0.25, 0.3) is 0 Å². The first-order valence-electron chi connectivity index (χ1n) is 5.25. The van der Waals surface area contributed by atoms with Gasteiger partial charge in [-0.3, -0.25) is 4.90 Å². The number of fused-ring (bicyclic) bond motifs is 1. The number of esters is 1. The zero-order valence-electron chi connectivity index (χ0n) is 9.19. The first kappa shape index (κ1) is 10.2. The number of nitrogens with zero attached hydrogens (tertiary/aromatic N) is 2. The molecule has 82 valence electrons. The van der Waals surface area contributed by atoms with E-state index in [4.69, 9.17) is 4.74 Å². The van der Waals surface area contributed by atoms with Gasteiger partial charge in [-0.1, -0.05) is 0 Å². The molecule has 0 fully saturated rings. The van der Waals surface area contributed by atoms with Crippen LogP contribution in [-0.4, -0.2) is 35.6 Å². The summed E-state index contributed by atoms with van der Waals surface area (Å²) >= 11 is 0. The van der Waals surface area contributed by atoms with Crippen LogP contribution in [0, 0.1) is 0 Å². The van der Waals surface area contributed by atoms with E-state index in [2.05, 4.69) is 16.5 Å². The van der Waals surface area contributed by atoms with Gasteiger partial charge in [-0.2, -0.15) is 0 Å². The molecule has 0 amide bonds. The molecule has 0 saturated heterocycles. The molecule has 0 aromatic carbocycles. The molecular formula is C11H16N2O2. The first-order valence-corrected chi connectivity index (χ1v) is 5.25. The lowest BCUT2D eigenvalue weighted by molar-refractivity contribution is 0.0526. The summed E-state index contributed by atoms with van der Waals surface area (Å²) in [6.07, 6.45) is 1.89. The quantitative estimate of drug-likeness (QED) is 0.683. The molecule has 0 unspecified atom stereocenters. The third kappa shape index (κ3) is 2.04. The van der Waals surface area contributed by atoms with Crippen molar-refractivity contribution in [2.45, 2.75) is 20.0 Å². The molecule has 0 aliphatic carbocycles. The average molecular weight is 208 g/mol. The summed E-state index contributed by atoms with van der Waals surface area (Å²) in [6, 6.07) is 1.92. The summed E-state index contributed by atoms with van der Waals surface area (Å²) in [4.78, 5) is 13.7. The van der Waals surface area contributed by atoms with Crippen molar-refractivity contribution in [2.75, 3.05) is 20.2 Å². The van der Waals surface area contributed by atoms with E-state index >= 15 is 0 Å². The fraction of sp³-hybridized carbons (Fsp3) is 0.545. The second-order valence-corrected chi connectivity index (χ2v) is 3.87. The monoisotopic (exact) mass is 208 g/mol. The molecule has 2 rings (SSSR count).